The fraction of sp³-hybridized carbons (Fsp3) is 0.333. The Balaban J connectivity index is 2.43. The Morgan fingerprint density at radius 1 is 1.41 bits per heavy atom. The number of halogens is 1. The zero-order chi connectivity index (χ0) is 12.3. The van der Waals surface area contributed by atoms with Crippen molar-refractivity contribution < 1.29 is 0 Å². The summed E-state index contributed by atoms with van der Waals surface area (Å²) in [7, 11) is 0. The van der Waals surface area contributed by atoms with Gasteiger partial charge in [0.05, 0.1) is 16.6 Å². The lowest BCUT2D eigenvalue weighted by Gasteiger charge is -2.18. The molecular formula is C12H14ClN3S. The van der Waals surface area contributed by atoms with Crippen LogP contribution in [0.4, 0.5) is 0 Å². The molecule has 0 aliphatic carbocycles. The van der Waals surface area contributed by atoms with E-state index in [0.29, 0.717) is 0 Å². The van der Waals surface area contributed by atoms with Crippen molar-refractivity contribution in [2.24, 2.45) is 0 Å². The van der Waals surface area contributed by atoms with Gasteiger partial charge < -0.3 is 5.32 Å². The van der Waals surface area contributed by atoms with Crippen LogP contribution in [0.2, 0.25) is 5.02 Å². The number of hydrogen-bond donors (Lipinski definition) is 1. The maximum atomic E-state index is 6.25. The van der Waals surface area contributed by atoms with Crippen LogP contribution in [-0.2, 0) is 0 Å². The summed E-state index contributed by atoms with van der Waals surface area (Å²) in [5.41, 5.74) is 2.03. The van der Waals surface area contributed by atoms with Gasteiger partial charge in [-0.05, 0) is 36.6 Å². The number of aryl methyl sites for hydroxylation is 1. The van der Waals surface area contributed by atoms with Gasteiger partial charge in [-0.3, -0.25) is 0 Å². The average Bonchev–Trinajstić information content (AvgIpc) is 2.74. The first kappa shape index (κ1) is 12.5. The highest BCUT2D eigenvalue weighted by molar-refractivity contribution is 7.05. The van der Waals surface area contributed by atoms with Crippen molar-refractivity contribution in [1.29, 1.82) is 0 Å². The van der Waals surface area contributed by atoms with Crippen molar-refractivity contribution in [2.75, 3.05) is 6.54 Å². The van der Waals surface area contributed by atoms with Crippen LogP contribution in [0.25, 0.3) is 0 Å². The number of hydrogen-bond acceptors (Lipinski definition) is 4. The molecule has 0 bridgehead atoms. The molecular weight excluding hydrogens is 254 g/mol. The van der Waals surface area contributed by atoms with Gasteiger partial charge in [0.15, 0.2) is 0 Å². The van der Waals surface area contributed by atoms with Crippen LogP contribution >= 0.6 is 23.1 Å². The first-order valence-electron chi connectivity index (χ1n) is 5.50. The largest absolute Gasteiger partial charge is 0.306 e. The van der Waals surface area contributed by atoms with Gasteiger partial charge in [0.25, 0.3) is 0 Å². The molecule has 3 nitrogen and oxygen atoms in total. The van der Waals surface area contributed by atoms with E-state index < -0.39 is 0 Å². The van der Waals surface area contributed by atoms with E-state index in [1.165, 1.54) is 11.5 Å². The third kappa shape index (κ3) is 2.65. The Morgan fingerprint density at radius 2 is 2.18 bits per heavy atom. The summed E-state index contributed by atoms with van der Waals surface area (Å²) >= 11 is 7.67. The lowest BCUT2D eigenvalue weighted by Crippen LogP contribution is -2.22. The van der Waals surface area contributed by atoms with Crippen molar-refractivity contribution in [1.82, 2.24) is 14.9 Å². The van der Waals surface area contributed by atoms with E-state index >= 15 is 0 Å². The van der Waals surface area contributed by atoms with Gasteiger partial charge in [0, 0.05) is 5.02 Å². The van der Waals surface area contributed by atoms with E-state index in [2.05, 4.69) is 21.8 Å². The van der Waals surface area contributed by atoms with E-state index in [4.69, 9.17) is 11.6 Å². The molecule has 0 aliphatic rings. The highest BCUT2D eigenvalue weighted by Crippen LogP contribution is 2.31. The molecule has 1 aromatic carbocycles. The molecule has 0 saturated carbocycles. The molecule has 0 amide bonds. The van der Waals surface area contributed by atoms with E-state index in [1.54, 1.807) is 0 Å². The van der Waals surface area contributed by atoms with Gasteiger partial charge >= 0.3 is 0 Å². The Kier molecular flexibility index (Phi) is 4.10. The third-order valence-electron chi connectivity index (χ3n) is 2.57. The van der Waals surface area contributed by atoms with Gasteiger partial charge in [0.2, 0.25) is 0 Å². The quantitative estimate of drug-likeness (QED) is 0.924. The lowest BCUT2D eigenvalue weighted by molar-refractivity contribution is 0.635. The summed E-state index contributed by atoms with van der Waals surface area (Å²) in [4.78, 5) is 1.12. The molecule has 2 rings (SSSR count). The van der Waals surface area contributed by atoms with Crippen LogP contribution in [0.3, 0.4) is 0 Å². The highest BCUT2D eigenvalue weighted by Gasteiger charge is 2.20. The second-order valence-corrected chi connectivity index (χ2v) is 4.93. The zero-order valence-corrected chi connectivity index (χ0v) is 11.3. The van der Waals surface area contributed by atoms with Crippen molar-refractivity contribution in [3.8, 4) is 0 Å². The second-order valence-electron chi connectivity index (χ2n) is 3.73. The molecule has 90 valence electrons. The molecule has 0 fully saturated rings. The molecule has 5 heteroatoms. The Morgan fingerprint density at radius 3 is 2.76 bits per heavy atom. The summed E-state index contributed by atoms with van der Waals surface area (Å²) in [6.07, 6.45) is 0. The van der Waals surface area contributed by atoms with Gasteiger partial charge in [-0.1, -0.05) is 41.2 Å². The van der Waals surface area contributed by atoms with Crippen LogP contribution in [0.1, 0.15) is 29.1 Å². The SMILES string of the molecule is CCNC(c1ccccc1Cl)c1snnc1C. The molecule has 0 spiro atoms. The lowest BCUT2D eigenvalue weighted by atomic mass is 10.0. The molecule has 1 unspecified atom stereocenters. The predicted octanol–water partition coefficient (Wildman–Crippen LogP) is 3.20. The molecule has 1 N–H and O–H groups in total. The number of nitrogens with one attached hydrogen (secondary N) is 1. The maximum absolute atomic E-state index is 6.25. The maximum Gasteiger partial charge on any atom is 0.0776 e. The van der Waals surface area contributed by atoms with Crippen LogP contribution in [0.15, 0.2) is 24.3 Å². The predicted molar refractivity (Wildman–Crippen MR) is 71.6 cm³/mol. The minimum Gasteiger partial charge on any atom is -0.306 e. The monoisotopic (exact) mass is 267 g/mol. The minimum atomic E-state index is 0.0775. The van der Waals surface area contributed by atoms with Crippen LogP contribution in [0.5, 0.6) is 0 Å². The molecule has 1 heterocycles. The summed E-state index contributed by atoms with van der Waals surface area (Å²) in [5.74, 6) is 0. The topological polar surface area (TPSA) is 37.8 Å². The molecule has 0 aliphatic heterocycles. The normalized spacial score (nSPS) is 12.6. The molecule has 1 aromatic heterocycles. The van der Waals surface area contributed by atoms with Crippen molar-refractivity contribution >= 4 is 23.1 Å². The smallest absolute Gasteiger partial charge is 0.0776 e. The summed E-state index contributed by atoms with van der Waals surface area (Å²) in [6.45, 7) is 4.92. The first-order chi connectivity index (χ1) is 8.24. The van der Waals surface area contributed by atoms with Crippen LogP contribution < -0.4 is 5.32 Å². The standard InChI is InChI=1S/C12H14ClN3S/c1-3-14-11(12-8(2)15-16-17-12)9-6-4-5-7-10(9)13/h4-7,11,14H,3H2,1-2H3. The second kappa shape index (κ2) is 5.58. The zero-order valence-electron chi connectivity index (χ0n) is 9.77. The van der Waals surface area contributed by atoms with Crippen LogP contribution in [-0.4, -0.2) is 16.1 Å². The van der Waals surface area contributed by atoms with Crippen molar-refractivity contribution in [3.63, 3.8) is 0 Å². The van der Waals surface area contributed by atoms with Gasteiger partial charge in [-0.15, -0.1) is 5.10 Å². The number of benzene rings is 1. The molecule has 2 aromatic rings. The molecule has 1 atom stereocenters. The van der Waals surface area contributed by atoms with E-state index in [9.17, 15) is 0 Å². The number of aromatic nitrogens is 2. The minimum absolute atomic E-state index is 0.0775. The fourth-order valence-electron chi connectivity index (χ4n) is 1.76. The Bertz CT molecular complexity index is 498. The van der Waals surface area contributed by atoms with Crippen LogP contribution in [0, 0.1) is 6.92 Å². The summed E-state index contributed by atoms with van der Waals surface area (Å²) in [6, 6.07) is 7.95. The highest BCUT2D eigenvalue weighted by atomic mass is 35.5. The molecule has 17 heavy (non-hydrogen) atoms. The van der Waals surface area contributed by atoms with Crippen molar-refractivity contribution in [2.45, 2.75) is 19.9 Å². The van der Waals surface area contributed by atoms with Gasteiger partial charge in [-0.2, -0.15) is 0 Å². The molecule has 0 radical (unpaired) electrons. The Labute approximate surface area is 110 Å². The van der Waals surface area contributed by atoms with E-state index in [-0.39, 0.29) is 6.04 Å². The number of nitrogens with zero attached hydrogens (tertiary/aromatic N) is 2. The van der Waals surface area contributed by atoms with E-state index in [1.807, 2.05) is 31.2 Å². The first-order valence-corrected chi connectivity index (χ1v) is 6.65. The van der Waals surface area contributed by atoms with E-state index in [0.717, 1.165) is 27.7 Å². The third-order valence-corrected chi connectivity index (χ3v) is 3.81. The summed E-state index contributed by atoms with van der Waals surface area (Å²) in [5, 5.41) is 8.26. The van der Waals surface area contributed by atoms with Gasteiger partial charge in [-0.25, -0.2) is 0 Å². The van der Waals surface area contributed by atoms with Crippen molar-refractivity contribution in [3.05, 3.63) is 45.4 Å². The summed E-state index contributed by atoms with van der Waals surface area (Å²) < 4.78 is 3.99. The molecule has 0 saturated heterocycles. The fourth-order valence-corrected chi connectivity index (χ4v) is 2.74. The van der Waals surface area contributed by atoms with Gasteiger partial charge in [0.1, 0.15) is 0 Å². The number of rotatable bonds is 4. The average molecular weight is 268 g/mol. The Hall–Kier alpha value is -0.970.